The Morgan fingerprint density at radius 2 is 2.05 bits per heavy atom. The number of amides is 1. The van der Waals surface area contributed by atoms with Gasteiger partial charge in [0, 0.05) is 17.4 Å². The van der Waals surface area contributed by atoms with Crippen molar-refractivity contribution >= 4 is 27.8 Å². The van der Waals surface area contributed by atoms with Gasteiger partial charge in [0.15, 0.2) is 0 Å². The number of hydrogen-bond donors (Lipinski definition) is 1. The van der Waals surface area contributed by atoms with Crippen LogP contribution in [0.15, 0.2) is 22.7 Å². The van der Waals surface area contributed by atoms with Gasteiger partial charge in [-0.25, -0.2) is 0 Å². The van der Waals surface area contributed by atoms with Crippen molar-refractivity contribution in [3.05, 3.63) is 28.2 Å². The van der Waals surface area contributed by atoms with Gasteiger partial charge in [-0.05, 0) is 24.6 Å². The molecule has 0 radical (unpaired) electrons. The number of carbonyl (C=O) groups excluding carboxylic acids is 2. The zero-order chi connectivity index (χ0) is 14.3. The Labute approximate surface area is 120 Å². The van der Waals surface area contributed by atoms with Gasteiger partial charge in [0.05, 0.1) is 19.8 Å². The largest absolute Gasteiger partial charge is 0.496 e. The van der Waals surface area contributed by atoms with Crippen LogP contribution in [0.3, 0.4) is 0 Å². The van der Waals surface area contributed by atoms with Crippen molar-refractivity contribution in [2.24, 2.45) is 0 Å². The Morgan fingerprint density at radius 3 is 2.68 bits per heavy atom. The molecular formula is C13H16BrNO4. The summed E-state index contributed by atoms with van der Waals surface area (Å²) in [6, 6.07) is 5.20. The first kappa shape index (κ1) is 15.5. The highest BCUT2D eigenvalue weighted by atomic mass is 79.9. The maximum Gasteiger partial charge on any atom is 0.305 e. The standard InChI is InChI=1S/C13H16BrNO4/c1-18-11-6-5-9(14)8-10(11)13(17)15-7-3-4-12(16)19-2/h5-6,8H,3-4,7H2,1-2H3,(H,15,17). The molecule has 0 aliphatic heterocycles. The van der Waals surface area contributed by atoms with E-state index in [1.54, 1.807) is 18.2 Å². The average Bonchev–Trinajstić information content (AvgIpc) is 2.42. The number of nitrogens with one attached hydrogen (secondary N) is 1. The number of carbonyl (C=O) groups is 2. The molecule has 0 aliphatic rings. The SMILES string of the molecule is COC(=O)CCCNC(=O)c1cc(Br)ccc1OC. The van der Waals surface area contributed by atoms with Gasteiger partial charge in [-0.2, -0.15) is 0 Å². The lowest BCUT2D eigenvalue weighted by Gasteiger charge is -2.09. The molecule has 0 atom stereocenters. The number of methoxy groups -OCH3 is 2. The van der Waals surface area contributed by atoms with Gasteiger partial charge in [-0.15, -0.1) is 0 Å². The van der Waals surface area contributed by atoms with Crippen molar-refractivity contribution in [3.63, 3.8) is 0 Å². The molecule has 1 N–H and O–H groups in total. The smallest absolute Gasteiger partial charge is 0.305 e. The molecule has 104 valence electrons. The summed E-state index contributed by atoms with van der Waals surface area (Å²) in [5.74, 6) is -0.00836. The van der Waals surface area contributed by atoms with Crippen LogP contribution in [0.25, 0.3) is 0 Å². The highest BCUT2D eigenvalue weighted by Crippen LogP contribution is 2.22. The molecule has 0 heterocycles. The van der Waals surface area contributed by atoms with Gasteiger partial charge in [0.1, 0.15) is 5.75 Å². The molecule has 0 fully saturated rings. The predicted octanol–water partition coefficient (Wildman–Crippen LogP) is 2.14. The molecule has 0 saturated carbocycles. The lowest BCUT2D eigenvalue weighted by atomic mass is 10.2. The average molecular weight is 330 g/mol. The van der Waals surface area contributed by atoms with Crippen LogP contribution in [0.1, 0.15) is 23.2 Å². The number of esters is 1. The third-order valence-corrected chi connectivity index (χ3v) is 2.97. The summed E-state index contributed by atoms with van der Waals surface area (Å²) in [4.78, 5) is 22.9. The Balaban J connectivity index is 2.54. The van der Waals surface area contributed by atoms with Crippen LogP contribution in [0.4, 0.5) is 0 Å². The molecule has 19 heavy (non-hydrogen) atoms. The fraction of sp³-hybridized carbons (Fsp3) is 0.385. The summed E-state index contributed by atoms with van der Waals surface area (Å²) in [6.45, 7) is 0.406. The summed E-state index contributed by atoms with van der Waals surface area (Å²) in [5.41, 5.74) is 0.454. The number of ether oxygens (including phenoxy) is 2. The summed E-state index contributed by atoms with van der Waals surface area (Å²) in [5, 5.41) is 2.73. The first-order chi connectivity index (χ1) is 9.08. The van der Waals surface area contributed by atoms with Gasteiger partial charge < -0.3 is 14.8 Å². The zero-order valence-corrected chi connectivity index (χ0v) is 12.5. The summed E-state index contributed by atoms with van der Waals surface area (Å²) < 4.78 is 10.4. The molecule has 0 unspecified atom stereocenters. The highest BCUT2D eigenvalue weighted by Gasteiger charge is 2.12. The van der Waals surface area contributed by atoms with Gasteiger partial charge in [0.2, 0.25) is 0 Å². The highest BCUT2D eigenvalue weighted by molar-refractivity contribution is 9.10. The molecule has 1 aromatic carbocycles. The number of rotatable bonds is 6. The maximum atomic E-state index is 12.0. The zero-order valence-electron chi connectivity index (χ0n) is 10.9. The van der Waals surface area contributed by atoms with Crippen molar-refractivity contribution in [3.8, 4) is 5.75 Å². The lowest BCUT2D eigenvalue weighted by molar-refractivity contribution is -0.140. The number of halogens is 1. The molecule has 0 aliphatic carbocycles. The molecule has 1 amide bonds. The Hall–Kier alpha value is -1.56. The third-order valence-electron chi connectivity index (χ3n) is 2.48. The molecule has 0 aromatic heterocycles. The van der Waals surface area contributed by atoms with Gasteiger partial charge in [-0.3, -0.25) is 9.59 Å². The molecule has 1 rings (SSSR count). The summed E-state index contributed by atoms with van der Waals surface area (Å²) >= 11 is 3.31. The lowest BCUT2D eigenvalue weighted by Crippen LogP contribution is -2.25. The summed E-state index contributed by atoms with van der Waals surface area (Å²) in [7, 11) is 2.85. The summed E-state index contributed by atoms with van der Waals surface area (Å²) in [6.07, 6.45) is 0.821. The minimum absolute atomic E-state index is 0.233. The van der Waals surface area contributed by atoms with E-state index in [4.69, 9.17) is 4.74 Å². The van der Waals surface area contributed by atoms with Crippen LogP contribution in [0.2, 0.25) is 0 Å². The molecular weight excluding hydrogens is 314 g/mol. The van der Waals surface area contributed by atoms with E-state index in [-0.39, 0.29) is 18.3 Å². The van der Waals surface area contributed by atoms with Gasteiger partial charge >= 0.3 is 5.97 Å². The van der Waals surface area contributed by atoms with Crippen LogP contribution in [0.5, 0.6) is 5.75 Å². The molecule has 1 aromatic rings. The van der Waals surface area contributed by atoms with Crippen LogP contribution in [-0.2, 0) is 9.53 Å². The number of benzene rings is 1. The van der Waals surface area contributed by atoms with E-state index in [1.807, 2.05) is 0 Å². The minimum Gasteiger partial charge on any atom is -0.496 e. The van der Waals surface area contributed by atoms with Crippen LogP contribution in [-0.4, -0.2) is 32.6 Å². The first-order valence-corrected chi connectivity index (χ1v) is 6.56. The van der Waals surface area contributed by atoms with Crippen LogP contribution >= 0.6 is 15.9 Å². The van der Waals surface area contributed by atoms with Crippen molar-refractivity contribution in [1.82, 2.24) is 5.32 Å². The fourth-order valence-corrected chi connectivity index (χ4v) is 1.85. The third kappa shape index (κ3) is 4.90. The van der Waals surface area contributed by atoms with E-state index in [1.165, 1.54) is 14.2 Å². The first-order valence-electron chi connectivity index (χ1n) is 5.77. The van der Waals surface area contributed by atoms with Crippen molar-refractivity contribution in [1.29, 1.82) is 0 Å². The van der Waals surface area contributed by atoms with Crippen LogP contribution in [0, 0.1) is 0 Å². The second kappa shape index (κ2) is 7.78. The van der Waals surface area contributed by atoms with E-state index in [0.29, 0.717) is 24.3 Å². The monoisotopic (exact) mass is 329 g/mol. The Bertz CT molecular complexity index is 462. The van der Waals surface area contributed by atoms with Gasteiger partial charge in [-0.1, -0.05) is 15.9 Å². The molecule has 5 nitrogen and oxygen atoms in total. The van der Waals surface area contributed by atoms with Gasteiger partial charge in [0.25, 0.3) is 5.91 Å². The second-order valence-electron chi connectivity index (χ2n) is 3.78. The van der Waals surface area contributed by atoms with E-state index >= 15 is 0 Å². The number of hydrogen-bond acceptors (Lipinski definition) is 4. The maximum absolute atomic E-state index is 12.0. The fourth-order valence-electron chi connectivity index (χ4n) is 1.49. The Kier molecular flexibility index (Phi) is 6.35. The van der Waals surface area contributed by atoms with E-state index in [0.717, 1.165) is 4.47 Å². The quantitative estimate of drug-likeness (QED) is 0.641. The Morgan fingerprint density at radius 1 is 1.32 bits per heavy atom. The normalized spacial score (nSPS) is 9.84. The minimum atomic E-state index is -0.283. The van der Waals surface area contributed by atoms with Crippen LogP contribution < -0.4 is 10.1 Å². The molecule has 6 heteroatoms. The molecule has 0 saturated heterocycles. The molecule has 0 bridgehead atoms. The van der Waals surface area contributed by atoms with Crippen molar-refractivity contribution < 1.29 is 19.1 Å². The topological polar surface area (TPSA) is 64.6 Å². The molecule has 0 spiro atoms. The second-order valence-corrected chi connectivity index (χ2v) is 4.70. The van der Waals surface area contributed by atoms with Crippen molar-refractivity contribution in [2.45, 2.75) is 12.8 Å². The van der Waals surface area contributed by atoms with E-state index in [9.17, 15) is 9.59 Å². The van der Waals surface area contributed by atoms with E-state index in [2.05, 4.69) is 26.0 Å². The van der Waals surface area contributed by atoms with E-state index < -0.39 is 0 Å². The predicted molar refractivity (Wildman–Crippen MR) is 74.3 cm³/mol. The van der Waals surface area contributed by atoms with Crippen molar-refractivity contribution in [2.75, 3.05) is 20.8 Å².